The summed E-state index contributed by atoms with van der Waals surface area (Å²) in [5.74, 6) is 0.118. The second-order valence-corrected chi connectivity index (χ2v) is 9.07. The molecule has 1 aromatic carbocycles. The Balaban J connectivity index is 1.45. The molecular formula is C23H26BrClN6O2. The molecule has 1 aliphatic carbocycles. The van der Waals surface area contributed by atoms with Gasteiger partial charge in [0.2, 0.25) is 11.8 Å². The molecule has 0 radical (unpaired) electrons. The number of hydrogen-bond donors (Lipinski definition) is 3. The maximum absolute atomic E-state index is 12.8. The number of hydrogen-bond acceptors (Lipinski definition) is 7. The van der Waals surface area contributed by atoms with Gasteiger partial charge in [0.15, 0.2) is 0 Å². The molecule has 174 valence electrons. The van der Waals surface area contributed by atoms with Crippen molar-refractivity contribution >= 4 is 50.8 Å². The van der Waals surface area contributed by atoms with Crippen LogP contribution in [0, 0.1) is 0 Å². The van der Waals surface area contributed by atoms with E-state index in [0.717, 1.165) is 55.6 Å². The summed E-state index contributed by atoms with van der Waals surface area (Å²) < 4.78 is 6.21. The molecule has 0 spiro atoms. The second kappa shape index (κ2) is 11.0. The van der Waals surface area contributed by atoms with Crippen molar-refractivity contribution < 1.29 is 9.53 Å². The molecule has 1 aromatic heterocycles. The lowest BCUT2D eigenvalue weighted by molar-refractivity contribution is 0.0962. The van der Waals surface area contributed by atoms with Crippen LogP contribution >= 0.6 is 27.5 Å². The number of amides is 1. The SMILES string of the molecule is COc1nc(Nc2ccc(N3CCCNCC3)cc2)ncc1C(=O)NC1=C(Br)CCC=C1Cl. The van der Waals surface area contributed by atoms with E-state index in [1.54, 1.807) is 0 Å². The summed E-state index contributed by atoms with van der Waals surface area (Å²) in [5.41, 5.74) is 2.80. The highest BCUT2D eigenvalue weighted by atomic mass is 79.9. The van der Waals surface area contributed by atoms with Crippen molar-refractivity contribution in [2.24, 2.45) is 0 Å². The van der Waals surface area contributed by atoms with Gasteiger partial charge in [-0.15, -0.1) is 0 Å². The fraction of sp³-hybridized carbons (Fsp3) is 0.348. The first kappa shape index (κ1) is 23.5. The molecule has 1 amide bonds. The van der Waals surface area contributed by atoms with Gasteiger partial charge in [-0.3, -0.25) is 4.79 Å². The molecule has 8 nitrogen and oxygen atoms in total. The van der Waals surface area contributed by atoms with Crippen molar-refractivity contribution in [1.82, 2.24) is 20.6 Å². The fourth-order valence-electron chi connectivity index (χ4n) is 3.72. The summed E-state index contributed by atoms with van der Waals surface area (Å²) in [6.07, 6.45) is 6.04. The summed E-state index contributed by atoms with van der Waals surface area (Å²) in [7, 11) is 1.47. The fourth-order valence-corrected chi connectivity index (χ4v) is 4.64. The molecular weight excluding hydrogens is 508 g/mol. The normalized spacial score (nSPS) is 16.7. The van der Waals surface area contributed by atoms with E-state index in [9.17, 15) is 4.79 Å². The summed E-state index contributed by atoms with van der Waals surface area (Å²) >= 11 is 9.72. The monoisotopic (exact) mass is 532 g/mol. The van der Waals surface area contributed by atoms with Crippen LogP contribution in [0.25, 0.3) is 0 Å². The van der Waals surface area contributed by atoms with E-state index in [-0.39, 0.29) is 11.4 Å². The zero-order valence-electron chi connectivity index (χ0n) is 18.3. The van der Waals surface area contributed by atoms with Gasteiger partial charge in [-0.05, 0) is 50.1 Å². The Labute approximate surface area is 206 Å². The van der Waals surface area contributed by atoms with Gasteiger partial charge in [0.25, 0.3) is 5.91 Å². The quantitative estimate of drug-likeness (QED) is 0.510. The van der Waals surface area contributed by atoms with Gasteiger partial charge in [0.1, 0.15) is 5.56 Å². The van der Waals surface area contributed by atoms with E-state index in [4.69, 9.17) is 16.3 Å². The Kier molecular flexibility index (Phi) is 7.85. The topological polar surface area (TPSA) is 91.4 Å². The van der Waals surface area contributed by atoms with Crippen LogP contribution in [0.1, 0.15) is 29.6 Å². The number of carbonyl (C=O) groups excluding carboxylic acids is 1. The van der Waals surface area contributed by atoms with Gasteiger partial charge in [0, 0.05) is 41.7 Å². The highest BCUT2D eigenvalue weighted by molar-refractivity contribution is 9.11. The largest absolute Gasteiger partial charge is 0.480 e. The molecule has 10 heteroatoms. The lowest BCUT2D eigenvalue weighted by Gasteiger charge is -2.22. The highest BCUT2D eigenvalue weighted by Gasteiger charge is 2.21. The van der Waals surface area contributed by atoms with Crippen molar-refractivity contribution in [3.05, 3.63) is 57.3 Å². The number of nitrogens with one attached hydrogen (secondary N) is 3. The third kappa shape index (κ3) is 5.85. The van der Waals surface area contributed by atoms with Crippen molar-refractivity contribution in [3.63, 3.8) is 0 Å². The van der Waals surface area contributed by atoms with Crippen molar-refractivity contribution in [2.75, 3.05) is 43.5 Å². The summed E-state index contributed by atoms with van der Waals surface area (Å²) in [4.78, 5) is 23.9. The predicted octanol–water partition coefficient (Wildman–Crippen LogP) is 4.28. The molecule has 4 rings (SSSR count). The first-order valence-electron chi connectivity index (χ1n) is 10.8. The molecule has 0 bridgehead atoms. The summed E-state index contributed by atoms with van der Waals surface area (Å²) in [6.45, 7) is 4.08. The Hall–Kier alpha value is -2.62. The smallest absolute Gasteiger partial charge is 0.262 e. The number of allylic oxidation sites excluding steroid dienone is 3. The number of ether oxygens (including phenoxy) is 1. The Morgan fingerprint density at radius 2 is 2.06 bits per heavy atom. The zero-order valence-corrected chi connectivity index (χ0v) is 20.7. The second-order valence-electron chi connectivity index (χ2n) is 7.70. The van der Waals surface area contributed by atoms with E-state index < -0.39 is 5.91 Å². The van der Waals surface area contributed by atoms with Crippen LogP contribution in [0.2, 0.25) is 0 Å². The third-order valence-corrected chi connectivity index (χ3v) is 6.59. The molecule has 0 atom stereocenters. The van der Waals surface area contributed by atoms with Crippen LogP contribution in [0.15, 0.2) is 51.8 Å². The van der Waals surface area contributed by atoms with Crippen molar-refractivity contribution in [1.29, 1.82) is 0 Å². The minimum absolute atomic E-state index is 0.173. The zero-order chi connectivity index (χ0) is 23.2. The van der Waals surface area contributed by atoms with Crippen LogP contribution in [0.3, 0.4) is 0 Å². The van der Waals surface area contributed by atoms with Crippen LogP contribution in [-0.2, 0) is 0 Å². The number of rotatable bonds is 6. The van der Waals surface area contributed by atoms with E-state index in [0.29, 0.717) is 16.7 Å². The molecule has 33 heavy (non-hydrogen) atoms. The third-order valence-electron chi connectivity index (χ3n) is 5.46. The molecule has 0 saturated carbocycles. The number of carbonyl (C=O) groups is 1. The molecule has 3 N–H and O–H groups in total. The van der Waals surface area contributed by atoms with E-state index in [1.807, 2.05) is 18.2 Å². The maximum atomic E-state index is 12.8. The number of halogens is 2. The van der Waals surface area contributed by atoms with Gasteiger partial charge in [0.05, 0.1) is 17.8 Å². The highest BCUT2D eigenvalue weighted by Crippen LogP contribution is 2.30. The molecule has 2 heterocycles. The molecule has 1 fully saturated rings. The molecule has 2 aromatic rings. The van der Waals surface area contributed by atoms with Gasteiger partial charge in [-0.2, -0.15) is 4.98 Å². The lowest BCUT2D eigenvalue weighted by atomic mass is 10.1. The van der Waals surface area contributed by atoms with Crippen molar-refractivity contribution in [3.8, 4) is 5.88 Å². The number of methoxy groups -OCH3 is 1. The number of nitrogens with zero attached hydrogens (tertiary/aromatic N) is 3. The Bertz CT molecular complexity index is 1070. The van der Waals surface area contributed by atoms with Crippen LogP contribution < -0.4 is 25.6 Å². The molecule has 1 saturated heterocycles. The van der Waals surface area contributed by atoms with Crippen molar-refractivity contribution in [2.45, 2.75) is 19.3 Å². The first-order chi connectivity index (χ1) is 16.0. The minimum Gasteiger partial charge on any atom is -0.480 e. The maximum Gasteiger partial charge on any atom is 0.262 e. The molecule has 2 aliphatic rings. The van der Waals surface area contributed by atoms with Crippen LogP contribution in [-0.4, -0.2) is 49.2 Å². The van der Waals surface area contributed by atoms with Gasteiger partial charge >= 0.3 is 0 Å². The van der Waals surface area contributed by atoms with Crippen LogP contribution in [0.4, 0.5) is 17.3 Å². The molecule has 1 aliphatic heterocycles. The van der Waals surface area contributed by atoms with Gasteiger partial charge < -0.3 is 25.6 Å². The summed E-state index contributed by atoms with van der Waals surface area (Å²) in [5, 5.41) is 9.91. The van der Waals surface area contributed by atoms with E-state index in [2.05, 4.69) is 58.9 Å². The lowest BCUT2D eigenvalue weighted by Crippen LogP contribution is -2.27. The van der Waals surface area contributed by atoms with Gasteiger partial charge in [-0.25, -0.2) is 4.98 Å². The number of aromatic nitrogens is 2. The van der Waals surface area contributed by atoms with E-state index >= 15 is 0 Å². The number of anilines is 3. The predicted molar refractivity (Wildman–Crippen MR) is 135 cm³/mol. The standard InChI is InChI=1S/C23H26BrClN6O2/c1-33-22-17(21(32)29-20-18(24)4-2-5-19(20)25)14-27-23(30-22)28-15-6-8-16(9-7-15)31-12-3-10-26-11-13-31/h5-9,14,26H,2-4,10-13H2,1H3,(H,29,32)(H,27,28,30). The Morgan fingerprint density at radius 3 is 2.82 bits per heavy atom. The first-order valence-corrected chi connectivity index (χ1v) is 12.0. The van der Waals surface area contributed by atoms with Gasteiger partial charge in [-0.1, -0.05) is 33.6 Å². The summed E-state index contributed by atoms with van der Waals surface area (Å²) in [6, 6.07) is 8.15. The average Bonchev–Trinajstić information content (AvgIpc) is 3.11. The average molecular weight is 534 g/mol. The molecule has 0 unspecified atom stereocenters. The van der Waals surface area contributed by atoms with E-state index in [1.165, 1.54) is 19.0 Å². The van der Waals surface area contributed by atoms with Crippen LogP contribution in [0.5, 0.6) is 5.88 Å². The minimum atomic E-state index is -0.393. The number of benzene rings is 1. The Morgan fingerprint density at radius 1 is 1.24 bits per heavy atom.